The van der Waals surface area contributed by atoms with Crippen molar-refractivity contribution in [3.63, 3.8) is 0 Å². The molecule has 1 atom stereocenters. The number of carbonyl (C=O) groups excluding carboxylic acids is 2. The van der Waals surface area contributed by atoms with E-state index in [2.05, 4.69) is 15.2 Å². The van der Waals surface area contributed by atoms with Gasteiger partial charge in [-0.2, -0.15) is 0 Å². The number of benzene rings is 1. The summed E-state index contributed by atoms with van der Waals surface area (Å²) >= 11 is 1.36. The Labute approximate surface area is 168 Å². The fourth-order valence-corrected chi connectivity index (χ4v) is 4.29. The molecule has 1 aromatic carbocycles. The van der Waals surface area contributed by atoms with Gasteiger partial charge in [0.2, 0.25) is 0 Å². The van der Waals surface area contributed by atoms with Crippen LogP contribution in [-0.4, -0.2) is 36.6 Å². The smallest absolute Gasteiger partial charge is 0.192 e. The summed E-state index contributed by atoms with van der Waals surface area (Å²) in [7, 11) is 1.90. The highest BCUT2D eigenvalue weighted by Gasteiger charge is 2.26. The van der Waals surface area contributed by atoms with Crippen molar-refractivity contribution in [2.75, 3.05) is 0 Å². The lowest BCUT2D eigenvalue weighted by Crippen LogP contribution is -2.16. The molecule has 0 spiro atoms. The van der Waals surface area contributed by atoms with E-state index in [9.17, 15) is 9.59 Å². The third-order valence-electron chi connectivity index (χ3n) is 4.91. The number of Topliss-reactive ketones (excluding diaryl/α,β-unsaturated/α-hetero) is 2. The Balaban J connectivity index is 1.85. The van der Waals surface area contributed by atoms with E-state index in [4.69, 9.17) is 0 Å². The molecule has 3 rings (SSSR count). The van der Waals surface area contributed by atoms with Gasteiger partial charge in [-0.25, -0.2) is 0 Å². The zero-order valence-electron chi connectivity index (χ0n) is 17.0. The molecular weight excluding hydrogens is 372 g/mol. The third kappa shape index (κ3) is 3.54. The van der Waals surface area contributed by atoms with Gasteiger partial charge in [-0.1, -0.05) is 36.0 Å². The number of ketones is 2. The van der Waals surface area contributed by atoms with E-state index in [0.717, 1.165) is 22.6 Å². The first-order valence-corrected chi connectivity index (χ1v) is 9.96. The van der Waals surface area contributed by atoms with Crippen LogP contribution in [0.5, 0.6) is 0 Å². The number of rotatable bonds is 6. The molecule has 0 saturated heterocycles. The lowest BCUT2D eigenvalue weighted by molar-refractivity contribution is 0.0988. The minimum Gasteiger partial charge on any atom is -0.355 e. The van der Waals surface area contributed by atoms with E-state index in [1.54, 1.807) is 0 Å². The first kappa shape index (κ1) is 20.1. The number of aromatic amines is 1. The molecule has 6 nitrogen and oxygen atoms in total. The molecule has 0 unspecified atom stereocenters. The number of hydrogen-bond donors (Lipinski definition) is 1. The molecule has 7 heteroatoms. The molecule has 1 N–H and O–H groups in total. The highest BCUT2D eigenvalue weighted by Crippen LogP contribution is 2.29. The van der Waals surface area contributed by atoms with Crippen LogP contribution >= 0.6 is 11.8 Å². The molecule has 0 bridgehead atoms. The fourth-order valence-electron chi connectivity index (χ4n) is 3.42. The summed E-state index contributed by atoms with van der Waals surface area (Å²) in [4.78, 5) is 27.9. The van der Waals surface area contributed by atoms with Crippen molar-refractivity contribution < 1.29 is 9.59 Å². The zero-order chi connectivity index (χ0) is 20.6. The van der Waals surface area contributed by atoms with Crippen LogP contribution in [0, 0.1) is 20.8 Å². The van der Waals surface area contributed by atoms with Crippen molar-refractivity contribution >= 4 is 23.3 Å². The molecule has 28 heavy (non-hydrogen) atoms. The Morgan fingerprint density at radius 3 is 2.43 bits per heavy atom. The fraction of sp³-hybridized carbons (Fsp3) is 0.333. The highest BCUT2D eigenvalue weighted by atomic mass is 32.2. The number of nitrogens with one attached hydrogen (secondary N) is 1. The lowest BCUT2D eigenvalue weighted by Gasteiger charge is -2.10. The highest BCUT2D eigenvalue weighted by molar-refractivity contribution is 8.00. The zero-order valence-corrected chi connectivity index (χ0v) is 17.8. The van der Waals surface area contributed by atoms with Crippen LogP contribution < -0.4 is 0 Å². The van der Waals surface area contributed by atoms with Crippen LogP contribution in [0.15, 0.2) is 29.4 Å². The molecule has 0 aliphatic heterocycles. The monoisotopic (exact) mass is 396 g/mol. The Morgan fingerprint density at radius 2 is 1.82 bits per heavy atom. The van der Waals surface area contributed by atoms with E-state index >= 15 is 0 Å². The number of nitrogens with zero attached hydrogens (tertiary/aromatic N) is 3. The van der Waals surface area contributed by atoms with Gasteiger partial charge < -0.3 is 9.55 Å². The topological polar surface area (TPSA) is 80.6 Å². The van der Waals surface area contributed by atoms with Crippen molar-refractivity contribution in [3.05, 3.63) is 52.3 Å². The number of thioether (sulfide) groups is 1. The predicted octanol–water partition coefficient (Wildman–Crippen LogP) is 4.30. The number of carbonyl (C=O) groups is 2. The van der Waals surface area contributed by atoms with E-state index in [1.165, 1.54) is 18.7 Å². The van der Waals surface area contributed by atoms with Crippen LogP contribution in [0.1, 0.15) is 51.5 Å². The summed E-state index contributed by atoms with van der Waals surface area (Å²) in [6.45, 7) is 9.02. The summed E-state index contributed by atoms with van der Waals surface area (Å²) in [6.07, 6.45) is 0. The number of aryl methyl sites for hydroxylation is 2. The minimum absolute atomic E-state index is 0.0400. The molecule has 2 heterocycles. The van der Waals surface area contributed by atoms with Gasteiger partial charge >= 0.3 is 0 Å². The maximum Gasteiger partial charge on any atom is 0.192 e. The summed E-state index contributed by atoms with van der Waals surface area (Å²) in [5.74, 6) is 0.673. The molecule has 0 aliphatic carbocycles. The molecule has 146 valence electrons. The van der Waals surface area contributed by atoms with E-state index in [-0.39, 0.29) is 16.8 Å². The van der Waals surface area contributed by atoms with Gasteiger partial charge in [-0.3, -0.25) is 9.59 Å². The van der Waals surface area contributed by atoms with E-state index < -0.39 is 0 Å². The normalized spacial score (nSPS) is 12.2. The Kier molecular flexibility index (Phi) is 5.56. The Bertz CT molecular complexity index is 1060. The molecule has 0 radical (unpaired) electrons. The van der Waals surface area contributed by atoms with Crippen LogP contribution in [0.2, 0.25) is 0 Å². The maximum absolute atomic E-state index is 13.0. The second kappa shape index (κ2) is 7.75. The van der Waals surface area contributed by atoms with E-state index in [1.807, 2.05) is 63.6 Å². The third-order valence-corrected chi connectivity index (χ3v) is 6.04. The van der Waals surface area contributed by atoms with Crippen molar-refractivity contribution in [1.29, 1.82) is 0 Å². The van der Waals surface area contributed by atoms with Crippen molar-refractivity contribution in [3.8, 4) is 11.4 Å². The lowest BCUT2D eigenvalue weighted by atomic mass is 10.0. The molecule has 2 aromatic heterocycles. The van der Waals surface area contributed by atoms with Gasteiger partial charge in [0.05, 0.1) is 10.9 Å². The molecule has 0 fully saturated rings. The standard InChI is InChI=1S/C21H24N4O2S/c1-11-9-7-8-10-16(11)20-23-24-21(25(20)6)28-15(5)19(27)18-12(2)17(14(4)26)13(3)22-18/h7-10,15,22H,1-6H3/t15-/m1/s1. The van der Waals surface area contributed by atoms with Crippen LogP contribution in [0.4, 0.5) is 0 Å². The van der Waals surface area contributed by atoms with Gasteiger partial charge in [-0.05, 0) is 45.7 Å². The van der Waals surface area contributed by atoms with Gasteiger partial charge in [0.15, 0.2) is 22.5 Å². The minimum atomic E-state index is -0.371. The molecule has 0 saturated carbocycles. The predicted molar refractivity (Wildman–Crippen MR) is 111 cm³/mol. The van der Waals surface area contributed by atoms with Gasteiger partial charge in [-0.15, -0.1) is 10.2 Å². The summed E-state index contributed by atoms with van der Waals surface area (Å²) in [6, 6.07) is 8.00. The largest absolute Gasteiger partial charge is 0.355 e. The average Bonchev–Trinajstić information content (AvgIpc) is 3.14. The summed E-state index contributed by atoms with van der Waals surface area (Å²) in [5, 5.41) is 8.90. The molecule has 3 aromatic rings. The summed E-state index contributed by atoms with van der Waals surface area (Å²) < 4.78 is 1.91. The summed E-state index contributed by atoms with van der Waals surface area (Å²) in [5.41, 5.74) is 4.66. The number of hydrogen-bond acceptors (Lipinski definition) is 5. The maximum atomic E-state index is 13.0. The van der Waals surface area contributed by atoms with Gasteiger partial charge in [0.25, 0.3) is 0 Å². The average molecular weight is 397 g/mol. The van der Waals surface area contributed by atoms with Crippen LogP contribution in [0.3, 0.4) is 0 Å². The second-order valence-corrected chi connectivity index (χ2v) is 8.29. The molecule has 0 aliphatic rings. The first-order chi connectivity index (χ1) is 13.2. The van der Waals surface area contributed by atoms with Crippen molar-refractivity contribution in [1.82, 2.24) is 19.7 Å². The number of H-pyrrole nitrogens is 1. The first-order valence-electron chi connectivity index (χ1n) is 9.08. The Morgan fingerprint density at radius 1 is 1.14 bits per heavy atom. The molecular formula is C21H24N4O2S. The Hall–Kier alpha value is -2.67. The van der Waals surface area contributed by atoms with Crippen molar-refractivity contribution in [2.24, 2.45) is 7.05 Å². The molecule has 0 amide bonds. The number of aromatic nitrogens is 4. The van der Waals surface area contributed by atoms with Gasteiger partial charge in [0, 0.05) is 23.9 Å². The van der Waals surface area contributed by atoms with Crippen molar-refractivity contribution in [2.45, 2.75) is 45.0 Å². The SMILES string of the molecule is CC(=O)c1c(C)[nH]c(C(=O)[C@@H](C)Sc2nnc(-c3ccccc3C)n2C)c1C. The second-order valence-electron chi connectivity index (χ2n) is 6.99. The van der Waals surface area contributed by atoms with Crippen LogP contribution in [-0.2, 0) is 7.05 Å². The van der Waals surface area contributed by atoms with E-state index in [0.29, 0.717) is 22.0 Å². The van der Waals surface area contributed by atoms with Crippen LogP contribution in [0.25, 0.3) is 11.4 Å². The quantitative estimate of drug-likeness (QED) is 0.496. The van der Waals surface area contributed by atoms with Gasteiger partial charge in [0.1, 0.15) is 0 Å².